The molecule has 0 aliphatic carbocycles. The maximum atomic E-state index is 12.5. The summed E-state index contributed by atoms with van der Waals surface area (Å²) in [6.07, 6.45) is 0.425. The van der Waals surface area contributed by atoms with E-state index in [1.54, 1.807) is 6.92 Å². The lowest BCUT2D eigenvalue weighted by atomic mass is 9.78. The molecule has 2 N–H and O–H groups in total. The summed E-state index contributed by atoms with van der Waals surface area (Å²) in [5.41, 5.74) is 0. The van der Waals surface area contributed by atoms with Gasteiger partial charge in [0, 0.05) is 26.2 Å². The molecule has 0 unspecified atom stereocenters. The van der Waals surface area contributed by atoms with Crippen LogP contribution in [-0.2, 0) is 9.59 Å². The Morgan fingerprint density at radius 2 is 1.95 bits per heavy atom. The Morgan fingerprint density at radius 3 is 2.43 bits per heavy atom. The van der Waals surface area contributed by atoms with E-state index in [0.717, 1.165) is 39.1 Å². The number of aliphatic hydroxyl groups excluding tert-OH is 1. The highest BCUT2D eigenvalue weighted by Gasteiger charge is 2.47. The summed E-state index contributed by atoms with van der Waals surface area (Å²) < 4.78 is 0. The minimum absolute atomic E-state index is 0.0850. The zero-order valence-electron chi connectivity index (χ0n) is 13.2. The summed E-state index contributed by atoms with van der Waals surface area (Å²) in [6.45, 7) is 10.0. The first kappa shape index (κ1) is 16.2. The molecule has 0 spiro atoms. The molecular weight excluding hydrogens is 270 g/mol. The number of β-lactam (4-membered cyclic amide) rings is 1. The lowest BCUT2D eigenvalue weighted by molar-refractivity contribution is -0.149. The highest BCUT2D eigenvalue weighted by molar-refractivity contribution is 5.90. The molecule has 6 nitrogen and oxygen atoms in total. The Bertz CT molecular complexity index is 392. The second kappa shape index (κ2) is 6.75. The van der Waals surface area contributed by atoms with Gasteiger partial charge in [0.2, 0.25) is 11.8 Å². The molecular formula is C15H27N3O3. The summed E-state index contributed by atoms with van der Waals surface area (Å²) in [7, 11) is 0. The Kier molecular flexibility index (Phi) is 5.22. The number of carbonyl (C=O) groups excluding carboxylic acids is 2. The molecule has 2 aliphatic rings. The number of nitrogens with one attached hydrogen (secondary N) is 1. The predicted molar refractivity (Wildman–Crippen MR) is 79.6 cm³/mol. The van der Waals surface area contributed by atoms with Gasteiger partial charge in [-0.15, -0.1) is 0 Å². The van der Waals surface area contributed by atoms with Crippen molar-refractivity contribution in [1.29, 1.82) is 0 Å². The number of piperazine rings is 1. The van der Waals surface area contributed by atoms with Gasteiger partial charge in [0.05, 0.1) is 24.0 Å². The highest BCUT2D eigenvalue weighted by Crippen LogP contribution is 2.27. The summed E-state index contributed by atoms with van der Waals surface area (Å²) in [5, 5.41) is 12.4. The molecule has 4 atom stereocenters. The van der Waals surface area contributed by atoms with E-state index in [-0.39, 0.29) is 23.8 Å². The average Bonchev–Trinajstić information content (AvgIpc) is 2.43. The maximum Gasteiger partial charge on any atom is 0.228 e. The van der Waals surface area contributed by atoms with Gasteiger partial charge in [-0.2, -0.15) is 0 Å². The van der Waals surface area contributed by atoms with E-state index in [1.807, 2.05) is 11.8 Å². The van der Waals surface area contributed by atoms with E-state index in [0.29, 0.717) is 0 Å². The summed E-state index contributed by atoms with van der Waals surface area (Å²) in [4.78, 5) is 28.3. The molecule has 2 heterocycles. The number of rotatable bonds is 5. The maximum absolute atomic E-state index is 12.5. The molecule has 0 bridgehead atoms. The van der Waals surface area contributed by atoms with Crippen LogP contribution in [0.3, 0.4) is 0 Å². The number of amides is 2. The van der Waals surface area contributed by atoms with Crippen LogP contribution in [0.4, 0.5) is 0 Å². The first-order valence-corrected chi connectivity index (χ1v) is 7.95. The van der Waals surface area contributed by atoms with Gasteiger partial charge in [0.15, 0.2) is 0 Å². The zero-order valence-corrected chi connectivity index (χ0v) is 13.2. The number of carbonyl (C=O) groups is 2. The van der Waals surface area contributed by atoms with Gasteiger partial charge in [0.25, 0.3) is 0 Å². The normalized spacial score (nSPS) is 29.5. The third kappa shape index (κ3) is 3.37. The van der Waals surface area contributed by atoms with E-state index in [4.69, 9.17) is 0 Å². The minimum Gasteiger partial charge on any atom is -0.393 e. The fourth-order valence-corrected chi connectivity index (χ4v) is 3.32. The van der Waals surface area contributed by atoms with Crippen LogP contribution in [0.2, 0.25) is 0 Å². The van der Waals surface area contributed by atoms with Crippen molar-refractivity contribution >= 4 is 11.8 Å². The van der Waals surface area contributed by atoms with Gasteiger partial charge in [-0.05, 0) is 19.9 Å². The van der Waals surface area contributed by atoms with Crippen molar-refractivity contribution in [2.45, 2.75) is 39.3 Å². The van der Waals surface area contributed by atoms with E-state index < -0.39 is 12.0 Å². The van der Waals surface area contributed by atoms with E-state index >= 15 is 0 Å². The monoisotopic (exact) mass is 297 g/mol. The fraction of sp³-hybridized carbons (Fsp3) is 0.867. The Balaban J connectivity index is 1.87. The van der Waals surface area contributed by atoms with Gasteiger partial charge in [0.1, 0.15) is 0 Å². The molecule has 2 aliphatic heterocycles. The topological polar surface area (TPSA) is 72.9 Å². The van der Waals surface area contributed by atoms with Crippen molar-refractivity contribution in [3.63, 3.8) is 0 Å². The molecule has 6 heteroatoms. The molecule has 2 rings (SSSR count). The van der Waals surface area contributed by atoms with Gasteiger partial charge in [-0.3, -0.25) is 14.5 Å². The quantitative estimate of drug-likeness (QED) is 0.682. The van der Waals surface area contributed by atoms with Gasteiger partial charge in [-0.1, -0.05) is 13.8 Å². The van der Waals surface area contributed by atoms with Crippen LogP contribution in [0.5, 0.6) is 0 Å². The van der Waals surface area contributed by atoms with Crippen LogP contribution in [0.15, 0.2) is 0 Å². The van der Waals surface area contributed by atoms with Gasteiger partial charge >= 0.3 is 0 Å². The number of hydrogen-bond acceptors (Lipinski definition) is 4. The first-order chi connectivity index (χ1) is 9.95. The molecule has 0 saturated carbocycles. The van der Waals surface area contributed by atoms with Crippen molar-refractivity contribution in [3.05, 3.63) is 0 Å². The number of aliphatic hydroxyl groups is 1. The van der Waals surface area contributed by atoms with Gasteiger partial charge in [-0.25, -0.2) is 0 Å². The minimum atomic E-state index is -0.708. The summed E-state index contributed by atoms with van der Waals surface area (Å²) >= 11 is 0. The summed E-state index contributed by atoms with van der Waals surface area (Å²) in [5.74, 6) is -0.797. The van der Waals surface area contributed by atoms with Crippen LogP contribution >= 0.6 is 0 Å². The van der Waals surface area contributed by atoms with Crippen molar-refractivity contribution in [3.8, 4) is 0 Å². The first-order valence-electron chi connectivity index (χ1n) is 7.95. The van der Waals surface area contributed by atoms with Crippen LogP contribution in [0.25, 0.3) is 0 Å². The van der Waals surface area contributed by atoms with E-state index in [1.165, 1.54) is 0 Å². The van der Waals surface area contributed by atoms with Crippen molar-refractivity contribution < 1.29 is 14.7 Å². The molecule has 2 fully saturated rings. The van der Waals surface area contributed by atoms with Crippen molar-refractivity contribution in [2.75, 3.05) is 32.7 Å². The summed E-state index contributed by atoms with van der Waals surface area (Å²) in [6, 6.07) is -0.237. The Hall–Kier alpha value is -1.14. The molecule has 0 aromatic heterocycles. The number of nitrogens with zero attached hydrogens (tertiary/aromatic N) is 2. The van der Waals surface area contributed by atoms with Crippen molar-refractivity contribution in [1.82, 2.24) is 15.1 Å². The predicted octanol–water partition coefficient (Wildman–Crippen LogP) is -0.328. The molecule has 21 heavy (non-hydrogen) atoms. The van der Waals surface area contributed by atoms with Gasteiger partial charge < -0.3 is 15.3 Å². The second-order valence-electron chi connectivity index (χ2n) is 6.26. The number of hydrogen-bond donors (Lipinski definition) is 2. The molecule has 120 valence electrons. The van der Waals surface area contributed by atoms with Crippen LogP contribution in [0.1, 0.15) is 27.2 Å². The van der Waals surface area contributed by atoms with E-state index in [2.05, 4.69) is 17.1 Å². The average molecular weight is 297 g/mol. The molecule has 2 saturated heterocycles. The smallest absolute Gasteiger partial charge is 0.228 e. The SMILES string of the molecule is CCCN1CCN(C(=O)[C@H](C)[C@H]2NC(=O)[C@@H]2[C@@H](C)O)CC1. The Labute approximate surface area is 126 Å². The second-order valence-corrected chi connectivity index (χ2v) is 6.26. The molecule has 0 aromatic carbocycles. The van der Waals surface area contributed by atoms with Crippen molar-refractivity contribution in [2.24, 2.45) is 11.8 Å². The standard InChI is InChI=1S/C15H27N3O3/c1-4-5-17-6-8-18(9-7-17)15(21)10(2)13-12(11(3)19)14(20)16-13/h10-13,19H,4-9H2,1-3H3,(H,16,20)/t10-,11-,12-,13-/m1/s1. The van der Waals surface area contributed by atoms with Crippen LogP contribution < -0.4 is 5.32 Å². The molecule has 2 amide bonds. The van der Waals surface area contributed by atoms with E-state index in [9.17, 15) is 14.7 Å². The Morgan fingerprint density at radius 1 is 1.33 bits per heavy atom. The van der Waals surface area contributed by atoms with Crippen LogP contribution in [0, 0.1) is 11.8 Å². The fourth-order valence-electron chi connectivity index (χ4n) is 3.32. The molecule has 0 radical (unpaired) electrons. The largest absolute Gasteiger partial charge is 0.393 e. The van der Waals surface area contributed by atoms with Crippen LogP contribution in [-0.4, -0.2) is 71.6 Å². The third-order valence-corrected chi connectivity index (χ3v) is 4.67. The molecule has 0 aromatic rings. The third-order valence-electron chi connectivity index (χ3n) is 4.67. The zero-order chi connectivity index (χ0) is 15.6. The lowest BCUT2D eigenvalue weighted by Crippen LogP contribution is -2.66. The highest BCUT2D eigenvalue weighted by atomic mass is 16.3. The lowest BCUT2D eigenvalue weighted by Gasteiger charge is -2.43.